The lowest BCUT2D eigenvalue weighted by molar-refractivity contribution is 0.960. The summed E-state index contributed by atoms with van der Waals surface area (Å²) < 4.78 is 0. The van der Waals surface area contributed by atoms with Crippen LogP contribution in [0.5, 0.6) is 0 Å². The van der Waals surface area contributed by atoms with Gasteiger partial charge in [-0.15, -0.1) is 0 Å². The maximum Gasteiger partial charge on any atom is 0.0217 e. The molecule has 0 saturated heterocycles. The third-order valence-electron chi connectivity index (χ3n) is 6.42. The largest absolute Gasteiger partial charge is 0.0883 e. The molecule has 0 bridgehead atoms. The van der Waals surface area contributed by atoms with Gasteiger partial charge < -0.3 is 0 Å². The van der Waals surface area contributed by atoms with Crippen molar-refractivity contribution in [3.8, 4) is 0 Å². The highest BCUT2D eigenvalue weighted by Gasteiger charge is 2.19. The molecular weight excluding hydrogens is 496 g/mol. The average Bonchev–Trinajstić information content (AvgIpc) is 2.78. The van der Waals surface area contributed by atoms with E-state index in [9.17, 15) is 0 Å². The second kappa shape index (κ2) is 12.2. The summed E-state index contributed by atoms with van der Waals surface area (Å²) in [7, 11) is 0. The van der Waals surface area contributed by atoms with Crippen LogP contribution in [0.4, 0.5) is 0 Å². The Morgan fingerprint density at radius 1 is 0.600 bits per heavy atom. The molecule has 0 fully saturated rings. The van der Waals surface area contributed by atoms with Gasteiger partial charge in [0.1, 0.15) is 0 Å². The highest BCUT2D eigenvalue weighted by Crippen LogP contribution is 2.39. The molecule has 2 aromatic rings. The topological polar surface area (TPSA) is 0 Å². The van der Waals surface area contributed by atoms with E-state index >= 15 is 0 Å². The van der Waals surface area contributed by atoms with Gasteiger partial charge in [0.15, 0.2) is 0 Å². The van der Waals surface area contributed by atoms with Crippen LogP contribution in [-0.4, -0.2) is 10.7 Å². The van der Waals surface area contributed by atoms with E-state index in [1.54, 1.807) is 22.3 Å². The van der Waals surface area contributed by atoms with Gasteiger partial charge >= 0.3 is 0 Å². The van der Waals surface area contributed by atoms with E-state index in [4.69, 9.17) is 0 Å². The monoisotopic (exact) mass is 532 g/mol. The fourth-order valence-electron chi connectivity index (χ4n) is 5.06. The summed E-state index contributed by atoms with van der Waals surface area (Å²) in [4.78, 5) is 0. The van der Waals surface area contributed by atoms with Crippen molar-refractivity contribution in [2.75, 3.05) is 10.7 Å². The predicted octanol–water partition coefficient (Wildman–Crippen LogP) is 9.47. The van der Waals surface area contributed by atoms with Gasteiger partial charge in [0.05, 0.1) is 0 Å². The molecule has 0 amide bonds. The molecule has 0 nitrogen and oxygen atoms in total. The van der Waals surface area contributed by atoms with Crippen molar-refractivity contribution in [2.45, 2.75) is 80.1 Å². The number of halogens is 2. The van der Waals surface area contributed by atoms with Crippen LogP contribution in [0, 0.1) is 0 Å². The molecule has 0 aromatic heterocycles. The van der Waals surface area contributed by atoms with Crippen LogP contribution in [0.3, 0.4) is 0 Å². The van der Waals surface area contributed by atoms with E-state index in [1.165, 1.54) is 33.0 Å². The molecule has 0 aliphatic heterocycles. The van der Waals surface area contributed by atoms with Gasteiger partial charge in [-0.1, -0.05) is 85.6 Å². The fraction of sp³-hybridized carbons (Fsp3) is 0.500. The van der Waals surface area contributed by atoms with Crippen molar-refractivity contribution < 1.29 is 0 Å². The van der Waals surface area contributed by atoms with Gasteiger partial charge in [0.2, 0.25) is 0 Å². The SMILES string of the molecule is CCC(=CCBr)c1cc2c(CC)c(CC)c(CC)c(CC)c2cc1C(=CCBr)CC. The number of aryl methyl sites for hydroxylation is 2. The highest BCUT2D eigenvalue weighted by atomic mass is 79.9. The maximum atomic E-state index is 3.64. The van der Waals surface area contributed by atoms with Crippen molar-refractivity contribution >= 4 is 53.8 Å². The third-order valence-corrected chi connectivity index (χ3v) is 7.06. The van der Waals surface area contributed by atoms with Crippen LogP contribution in [0.15, 0.2) is 24.3 Å². The Labute approximate surface area is 201 Å². The Morgan fingerprint density at radius 2 is 0.933 bits per heavy atom. The number of hydrogen-bond donors (Lipinski definition) is 0. The van der Waals surface area contributed by atoms with Crippen LogP contribution in [0.2, 0.25) is 0 Å². The number of alkyl halides is 2. The molecule has 0 aliphatic carbocycles. The first-order valence-corrected chi connectivity index (χ1v) is 13.9. The van der Waals surface area contributed by atoms with Crippen molar-refractivity contribution in [3.63, 3.8) is 0 Å². The number of rotatable bonds is 10. The quantitative estimate of drug-likeness (QED) is 0.267. The predicted molar refractivity (Wildman–Crippen MR) is 146 cm³/mol. The molecule has 2 aromatic carbocycles. The van der Waals surface area contributed by atoms with Crippen molar-refractivity contribution in [1.82, 2.24) is 0 Å². The molecule has 0 heterocycles. The van der Waals surface area contributed by atoms with Crippen LogP contribution in [0.1, 0.15) is 87.8 Å². The Hall–Kier alpha value is -0.860. The molecule has 0 radical (unpaired) electrons. The van der Waals surface area contributed by atoms with Gasteiger partial charge in [-0.2, -0.15) is 0 Å². The zero-order chi connectivity index (χ0) is 22.3. The Morgan fingerprint density at radius 3 is 1.17 bits per heavy atom. The molecule has 0 N–H and O–H groups in total. The molecule has 2 heteroatoms. The van der Waals surface area contributed by atoms with E-state index in [0.29, 0.717) is 0 Å². The maximum absolute atomic E-state index is 3.64. The Balaban J connectivity index is 3.11. The van der Waals surface area contributed by atoms with Gasteiger partial charge in [-0.3, -0.25) is 0 Å². The van der Waals surface area contributed by atoms with Crippen LogP contribution in [-0.2, 0) is 25.7 Å². The zero-order valence-electron chi connectivity index (χ0n) is 19.7. The van der Waals surface area contributed by atoms with Crippen molar-refractivity contribution in [1.29, 1.82) is 0 Å². The normalized spacial score (nSPS) is 12.8. The first-order valence-electron chi connectivity index (χ1n) is 11.7. The summed E-state index contributed by atoms with van der Waals surface area (Å²) >= 11 is 7.28. The molecule has 0 spiro atoms. The highest BCUT2D eigenvalue weighted by molar-refractivity contribution is 9.09. The lowest BCUT2D eigenvalue weighted by Gasteiger charge is -2.24. The molecule has 0 unspecified atom stereocenters. The summed E-state index contributed by atoms with van der Waals surface area (Å²) in [6.07, 6.45) is 11.2. The minimum atomic E-state index is 0.896. The summed E-state index contributed by atoms with van der Waals surface area (Å²) in [5, 5.41) is 4.75. The van der Waals surface area contributed by atoms with E-state index in [-0.39, 0.29) is 0 Å². The first kappa shape index (κ1) is 25.4. The second-order valence-electron chi connectivity index (χ2n) is 7.75. The van der Waals surface area contributed by atoms with Crippen LogP contribution < -0.4 is 0 Å². The van der Waals surface area contributed by atoms with Gasteiger partial charge in [0, 0.05) is 10.7 Å². The molecular formula is C28H38Br2. The number of hydrogen-bond acceptors (Lipinski definition) is 0. The van der Waals surface area contributed by atoms with Crippen molar-refractivity contribution in [2.24, 2.45) is 0 Å². The zero-order valence-corrected chi connectivity index (χ0v) is 22.9. The molecule has 2 rings (SSSR count). The van der Waals surface area contributed by atoms with Gasteiger partial charge in [-0.05, 0) is 106 Å². The van der Waals surface area contributed by atoms with Crippen LogP contribution in [0.25, 0.3) is 21.9 Å². The van der Waals surface area contributed by atoms with E-state index in [2.05, 4.69) is 97.7 Å². The molecule has 30 heavy (non-hydrogen) atoms. The lowest BCUT2D eigenvalue weighted by atomic mass is 9.81. The number of allylic oxidation sites excluding steroid dienone is 4. The smallest absolute Gasteiger partial charge is 0.0217 e. The standard InChI is InChI=1S/C28H38Br2/c1-7-19(13-15-29)25-17-27-23(11-5)21(9-3)22(10-4)24(12-6)28(27)18-26(25)20(8-2)14-16-30/h13-14,17-18H,7-12,15-16H2,1-6H3. The molecule has 0 atom stereocenters. The Bertz CT molecular complexity index is 855. The minimum absolute atomic E-state index is 0.896. The minimum Gasteiger partial charge on any atom is -0.0883 e. The van der Waals surface area contributed by atoms with Crippen LogP contribution >= 0.6 is 31.9 Å². The summed E-state index contributed by atoms with van der Waals surface area (Å²) in [5.41, 5.74) is 12.0. The average molecular weight is 534 g/mol. The van der Waals surface area contributed by atoms with Gasteiger partial charge in [-0.25, -0.2) is 0 Å². The summed E-state index contributed by atoms with van der Waals surface area (Å²) in [6, 6.07) is 5.05. The van der Waals surface area contributed by atoms with E-state index in [0.717, 1.165) is 49.2 Å². The third kappa shape index (κ3) is 4.96. The molecule has 0 aliphatic rings. The summed E-state index contributed by atoms with van der Waals surface area (Å²) in [5.74, 6) is 0. The summed E-state index contributed by atoms with van der Waals surface area (Å²) in [6.45, 7) is 13.8. The molecule has 164 valence electrons. The number of fused-ring (bicyclic) bond motifs is 1. The fourth-order valence-corrected chi connectivity index (χ4v) is 5.84. The second-order valence-corrected chi connectivity index (χ2v) is 9.04. The number of benzene rings is 2. The molecule has 0 saturated carbocycles. The van der Waals surface area contributed by atoms with E-state index in [1.807, 2.05) is 0 Å². The lowest BCUT2D eigenvalue weighted by Crippen LogP contribution is -2.06. The Kier molecular flexibility index (Phi) is 10.4. The van der Waals surface area contributed by atoms with Gasteiger partial charge in [0.25, 0.3) is 0 Å². The first-order chi connectivity index (χ1) is 14.6. The van der Waals surface area contributed by atoms with Crippen molar-refractivity contribution in [3.05, 3.63) is 57.7 Å². The van der Waals surface area contributed by atoms with E-state index < -0.39 is 0 Å².